The number of nitrogens with two attached hydrogens (primary N) is 1. The molecule has 5 N–H and O–H groups in total. The number of hydrogen-bond donors (Lipinski definition) is 4. The van der Waals surface area contributed by atoms with Crippen LogP contribution in [0.5, 0.6) is 0 Å². The number of benzene rings is 2. The Bertz CT molecular complexity index is 1200. The number of alkyl carbamates (subject to hydrolysis) is 1. The summed E-state index contributed by atoms with van der Waals surface area (Å²) in [5.74, 6) is -0.964. The molecule has 1 aromatic heterocycles. The number of esters is 1. The minimum atomic E-state index is -0.815. The molecule has 1 heterocycles. The lowest BCUT2D eigenvalue weighted by atomic mass is 10.1. The Morgan fingerprint density at radius 3 is 2.57 bits per heavy atom. The van der Waals surface area contributed by atoms with Crippen molar-refractivity contribution < 1.29 is 23.9 Å². The van der Waals surface area contributed by atoms with Crippen molar-refractivity contribution in [3.8, 4) is 0 Å². The van der Waals surface area contributed by atoms with Gasteiger partial charge in [-0.15, -0.1) is 11.3 Å². The molecule has 1 atom stereocenters. The van der Waals surface area contributed by atoms with E-state index in [0.29, 0.717) is 36.2 Å². The van der Waals surface area contributed by atoms with Gasteiger partial charge in [-0.3, -0.25) is 10.2 Å². The van der Waals surface area contributed by atoms with Crippen LogP contribution < -0.4 is 16.4 Å². The van der Waals surface area contributed by atoms with Crippen LogP contribution in [0, 0.1) is 5.41 Å². The van der Waals surface area contributed by atoms with E-state index in [4.69, 9.17) is 20.6 Å². The first-order chi connectivity index (χ1) is 16.9. The van der Waals surface area contributed by atoms with Gasteiger partial charge in [0.2, 0.25) is 0 Å². The van der Waals surface area contributed by atoms with Crippen molar-refractivity contribution in [3.63, 3.8) is 0 Å². The Morgan fingerprint density at radius 1 is 1.09 bits per heavy atom. The van der Waals surface area contributed by atoms with E-state index in [9.17, 15) is 14.4 Å². The number of hydrogen-bond acceptors (Lipinski definition) is 7. The maximum absolute atomic E-state index is 12.8. The maximum Gasteiger partial charge on any atom is 0.407 e. The summed E-state index contributed by atoms with van der Waals surface area (Å²) in [6.45, 7) is 0.569. The fourth-order valence-electron chi connectivity index (χ4n) is 3.38. The van der Waals surface area contributed by atoms with E-state index in [1.165, 1.54) is 18.4 Å². The first kappa shape index (κ1) is 25.7. The van der Waals surface area contributed by atoms with Crippen LogP contribution in [-0.2, 0) is 20.9 Å². The number of thiophene rings is 1. The second kappa shape index (κ2) is 12.5. The fraction of sp³-hybridized carbons (Fsp3) is 0.280. The largest absolute Gasteiger partial charge is 0.467 e. The van der Waals surface area contributed by atoms with Crippen molar-refractivity contribution in [2.24, 2.45) is 5.73 Å². The quantitative estimate of drug-likeness (QED) is 0.138. The van der Waals surface area contributed by atoms with Crippen molar-refractivity contribution >= 4 is 45.2 Å². The van der Waals surface area contributed by atoms with E-state index in [-0.39, 0.29) is 12.4 Å². The highest BCUT2D eigenvalue weighted by atomic mass is 32.1. The minimum absolute atomic E-state index is 0.0260. The smallest absolute Gasteiger partial charge is 0.407 e. The number of nitrogen functional groups attached to an aromatic ring is 1. The van der Waals surface area contributed by atoms with E-state index in [2.05, 4.69) is 10.6 Å². The molecule has 0 radical (unpaired) electrons. The van der Waals surface area contributed by atoms with Crippen molar-refractivity contribution in [2.45, 2.75) is 31.9 Å². The van der Waals surface area contributed by atoms with Gasteiger partial charge in [0.15, 0.2) is 0 Å². The molecule has 2 aromatic carbocycles. The molecular formula is C25H28N4O5S. The number of amidine groups is 1. The van der Waals surface area contributed by atoms with Gasteiger partial charge in [-0.1, -0.05) is 36.4 Å². The van der Waals surface area contributed by atoms with Gasteiger partial charge in [0, 0.05) is 16.8 Å². The zero-order chi connectivity index (χ0) is 25.2. The molecule has 1 unspecified atom stereocenters. The van der Waals surface area contributed by atoms with Crippen molar-refractivity contribution in [1.29, 1.82) is 5.41 Å². The topological polar surface area (TPSA) is 144 Å². The van der Waals surface area contributed by atoms with Crippen LogP contribution in [0.3, 0.4) is 0 Å². The Labute approximate surface area is 207 Å². The molecule has 0 saturated carbocycles. The number of carbonyl (C=O) groups is 3. The van der Waals surface area contributed by atoms with Crippen molar-refractivity contribution in [2.75, 3.05) is 13.7 Å². The molecule has 3 aromatic rings. The molecule has 2 amide bonds. The lowest BCUT2D eigenvalue weighted by Crippen LogP contribution is -2.41. The molecule has 9 nitrogen and oxygen atoms in total. The third-order valence-electron chi connectivity index (χ3n) is 5.24. The van der Waals surface area contributed by atoms with E-state index in [0.717, 1.165) is 15.6 Å². The summed E-state index contributed by atoms with van der Waals surface area (Å²) in [5.41, 5.74) is 6.84. The van der Waals surface area contributed by atoms with Crippen LogP contribution in [0.4, 0.5) is 4.79 Å². The summed E-state index contributed by atoms with van der Waals surface area (Å²) in [7, 11) is 1.27. The van der Waals surface area contributed by atoms with Crippen molar-refractivity contribution in [3.05, 3.63) is 70.6 Å². The normalized spacial score (nSPS) is 11.5. The summed E-state index contributed by atoms with van der Waals surface area (Å²) >= 11 is 1.32. The molecule has 35 heavy (non-hydrogen) atoms. The van der Waals surface area contributed by atoms with Gasteiger partial charge in [0.1, 0.15) is 18.5 Å². The van der Waals surface area contributed by atoms with Gasteiger partial charge in [0.05, 0.1) is 12.0 Å². The highest BCUT2D eigenvalue weighted by Crippen LogP contribution is 2.26. The molecule has 0 aliphatic carbocycles. The number of rotatable bonds is 11. The van der Waals surface area contributed by atoms with Crippen LogP contribution >= 0.6 is 11.3 Å². The summed E-state index contributed by atoms with van der Waals surface area (Å²) in [4.78, 5) is 37.4. The Hall–Kier alpha value is -3.92. The first-order valence-corrected chi connectivity index (χ1v) is 11.9. The van der Waals surface area contributed by atoms with Gasteiger partial charge in [-0.2, -0.15) is 0 Å². The summed E-state index contributed by atoms with van der Waals surface area (Å²) in [6, 6.07) is 15.5. The zero-order valence-electron chi connectivity index (χ0n) is 19.3. The standard InChI is InChI=1S/C25H28N4O5S/c1-33-24(31)19(9-5-6-12-28-25(32)34-15-16-7-3-2-4-8-16)29-23(30)18-11-10-17-13-21(22(26)27)35-20(17)14-18/h2-4,7-8,10-11,13-14,19H,5-6,9,12,15H2,1H3,(H3,26,27)(H,28,32)(H,29,30). The third kappa shape index (κ3) is 7.54. The van der Waals surface area contributed by atoms with Crippen LogP contribution in [-0.4, -0.2) is 43.5 Å². The van der Waals surface area contributed by atoms with Crippen LogP contribution in [0.2, 0.25) is 0 Å². The fourth-order valence-corrected chi connectivity index (χ4v) is 4.34. The molecule has 0 aliphatic heterocycles. The lowest BCUT2D eigenvalue weighted by Gasteiger charge is -2.16. The maximum atomic E-state index is 12.8. The number of ether oxygens (including phenoxy) is 2. The number of fused-ring (bicyclic) bond motifs is 1. The molecule has 0 bridgehead atoms. The number of unbranched alkanes of at least 4 members (excludes halogenated alkanes) is 1. The van der Waals surface area contributed by atoms with E-state index >= 15 is 0 Å². The number of amides is 2. The number of methoxy groups -OCH3 is 1. The van der Waals surface area contributed by atoms with Gasteiger partial charge in [-0.25, -0.2) is 9.59 Å². The molecule has 184 valence electrons. The van der Waals surface area contributed by atoms with E-state index < -0.39 is 24.0 Å². The number of nitrogens with one attached hydrogen (secondary N) is 3. The highest BCUT2D eigenvalue weighted by Gasteiger charge is 2.22. The molecule has 10 heteroatoms. The average molecular weight is 497 g/mol. The summed E-state index contributed by atoms with van der Waals surface area (Å²) < 4.78 is 10.8. The van der Waals surface area contributed by atoms with Gasteiger partial charge in [0.25, 0.3) is 5.91 Å². The number of carbonyl (C=O) groups excluding carboxylic acids is 3. The molecule has 0 aliphatic rings. The van der Waals surface area contributed by atoms with Gasteiger partial charge < -0.3 is 25.8 Å². The monoisotopic (exact) mass is 496 g/mol. The molecule has 0 saturated heterocycles. The zero-order valence-corrected chi connectivity index (χ0v) is 20.2. The third-order valence-corrected chi connectivity index (χ3v) is 6.37. The molecular weight excluding hydrogens is 468 g/mol. The SMILES string of the molecule is COC(=O)C(CCCCNC(=O)OCc1ccccc1)NC(=O)c1ccc2cc(C(=N)N)sc2c1. The highest BCUT2D eigenvalue weighted by molar-refractivity contribution is 7.20. The predicted octanol–water partition coefficient (Wildman–Crippen LogP) is 3.55. The first-order valence-electron chi connectivity index (χ1n) is 11.1. The molecule has 0 spiro atoms. The average Bonchev–Trinajstić information content (AvgIpc) is 3.30. The van der Waals surface area contributed by atoms with Gasteiger partial charge in [-0.05, 0) is 48.4 Å². The lowest BCUT2D eigenvalue weighted by molar-refractivity contribution is -0.143. The van der Waals surface area contributed by atoms with Crippen LogP contribution in [0.15, 0.2) is 54.6 Å². The Kier molecular flexibility index (Phi) is 9.19. The van der Waals surface area contributed by atoms with E-state index in [1.807, 2.05) is 30.3 Å². The van der Waals surface area contributed by atoms with Crippen molar-refractivity contribution in [1.82, 2.24) is 10.6 Å². The van der Waals surface area contributed by atoms with Crippen LogP contribution in [0.1, 0.15) is 40.1 Å². The molecule has 3 rings (SSSR count). The van der Waals surface area contributed by atoms with Crippen LogP contribution in [0.25, 0.3) is 10.1 Å². The Morgan fingerprint density at radius 2 is 1.86 bits per heavy atom. The van der Waals surface area contributed by atoms with E-state index in [1.54, 1.807) is 24.3 Å². The second-order valence-electron chi connectivity index (χ2n) is 7.81. The molecule has 0 fully saturated rings. The van der Waals surface area contributed by atoms with Gasteiger partial charge >= 0.3 is 12.1 Å². The minimum Gasteiger partial charge on any atom is -0.467 e. The Balaban J connectivity index is 1.46. The summed E-state index contributed by atoms with van der Waals surface area (Å²) in [5, 5.41) is 13.9. The summed E-state index contributed by atoms with van der Waals surface area (Å²) in [6.07, 6.45) is 1.02. The second-order valence-corrected chi connectivity index (χ2v) is 8.89. The predicted molar refractivity (Wildman–Crippen MR) is 135 cm³/mol.